The largest absolute Gasteiger partial charge is 0.368 e. The first-order valence-electron chi connectivity index (χ1n) is 6.43. The summed E-state index contributed by atoms with van der Waals surface area (Å²) in [6, 6.07) is 0. The van der Waals surface area contributed by atoms with Crippen LogP contribution in [0.2, 0.25) is 0 Å². The Bertz CT molecular complexity index is 610. The number of nitrogens with two attached hydrogens (primary N) is 1. The fourth-order valence-corrected chi connectivity index (χ4v) is 2.25. The number of amides is 1. The Hall–Kier alpha value is -2.51. The van der Waals surface area contributed by atoms with Gasteiger partial charge in [0.05, 0.1) is 18.8 Å². The van der Waals surface area contributed by atoms with Crippen LogP contribution in [0.25, 0.3) is 0 Å². The van der Waals surface area contributed by atoms with Crippen molar-refractivity contribution >= 4 is 11.9 Å². The van der Waals surface area contributed by atoms with Crippen LogP contribution in [-0.2, 0) is 24.3 Å². The van der Waals surface area contributed by atoms with Gasteiger partial charge >= 0.3 is 0 Å². The van der Waals surface area contributed by atoms with E-state index in [0.717, 1.165) is 17.7 Å². The first kappa shape index (κ1) is 12.5. The van der Waals surface area contributed by atoms with Gasteiger partial charge in [-0.05, 0) is 12.0 Å². The van der Waals surface area contributed by atoms with Crippen molar-refractivity contribution in [2.75, 3.05) is 12.3 Å². The number of aryl methyl sites for hydroxylation is 1. The lowest BCUT2D eigenvalue weighted by Gasteiger charge is -2.28. The molecule has 0 aromatic carbocycles. The molecule has 0 unspecified atom stereocenters. The van der Waals surface area contributed by atoms with Crippen molar-refractivity contribution in [1.82, 2.24) is 29.6 Å². The van der Waals surface area contributed by atoms with Crippen LogP contribution in [0.15, 0.2) is 18.9 Å². The highest BCUT2D eigenvalue weighted by molar-refractivity contribution is 5.76. The SMILES string of the molecule is Nc1ncc2c(n1)CN(C(=O)CCn1cncn1)CC2. The molecule has 20 heavy (non-hydrogen) atoms. The summed E-state index contributed by atoms with van der Waals surface area (Å²) in [5.41, 5.74) is 7.50. The molecule has 0 spiro atoms. The topological polar surface area (TPSA) is 103 Å². The van der Waals surface area contributed by atoms with Gasteiger partial charge in [-0.15, -0.1) is 0 Å². The zero-order chi connectivity index (χ0) is 13.9. The Kier molecular flexibility index (Phi) is 3.28. The molecule has 3 rings (SSSR count). The molecule has 2 aromatic rings. The lowest BCUT2D eigenvalue weighted by Crippen LogP contribution is -2.37. The molecule has 8 heteroatoms. The highest BCUT2D eigenvalue weighted by Gasteiger charge is 2.21. The molecule has 1 aliphatic heterocycles. The summed E-state index contributed by atoms with van der Waals surface area (Å²) in [7, 11) is 0. The minimum absolute atomic E-state index is 0.0864. The van der Waals surface area contributed by atoms with Crippen molar-refractivity contribution in [2.24, 2.45) is 0 Å². The molecule has 8 nitrogen and oxygen atoms in total. The highest BCUT2D eigenvalue weighted by Crippen LogP contribution is 2.17. The van der Waals surface area contributed by atoms with E-state index in [0.29, 0.717) is 26.1 Å². The molecular weight excluding hydrogens is 258 g/mol. The van der Waals surface area contributed by atoms with Gasteiger partial charge in [0, 0.05) is 19.2 Å². The average Bonchev–Trinajstić information content (AvgIpc) is 2.97. The molecule has 0 atom stereocenters. The number of aromatic nitrogens is 5. The third kappa shape index (κ3) is 2.58. The van der Waals surface area contributed by atoms with Gasteiger partial charge in [0.1, 0.15) is 12.7 Å². The molecule has 0 saturated heterocycles. The van der Waals surface area contributed by atoms with Crippen LogP contribution in [0.3, 0.4) is 0 Å². The van der Waals surface area contributed by atoms with E-state index in [1.165, 1.54) is 6.33 Å². The van der Waals surface area contributed by atoms with Gasteiger partial charge in [-0.1, -0.05) is 0 Å². The van der Waals surface area contributed by atoms with Crippen LogP contribution in [0, 0.1) is 0 Å². The second-order valence-electron chi connectivity index (χ2n) is 4.67. The number of fused-ring (bicyclic) bond motifs is 1. The molecule has 1 amide bonds. The number of carbonyl (C=O) groups is 1. The second-order valence-corrected chi connectivity index (χ2v) is 4.67. The van der Waals surface area contributed by atoms with Crippen LogP contribution in [0.4, 0.5) is 5.95 Å². The van der Waals surface area contributed by atoms with Crippen molar-refractivity contribution in [2.45, 2.75) is 25.9 Å². The van der Waals surface area contributed by atoms with Crippen molar-refractivity contribution in [1.29, 1.82) is 0 Å². The van der Waals surface area contributed by atoms with E-state index in [4.69, 9.17) is 5.73 Å². The summed E-state index contributed by atoms with van der Waals surface area (Å²) in [5, 5.41) is 3.98. The molecule has 104 valence electrons. The van der Waals surface area contributed by atoms with Gasteiger partial charge in [0.2, 0.25) is 11.9 Å². The summed E-state index contributed by atoms with van der Waals surface area (Å²) >= 11 is 0. The monoisotopic (exact) mass is 273 g/mol. The van der Waals surface area contributed by atoms with Gasteiger partial charge in [0.15, 0.2) is 0 Å². The fourth-order valence-electron chi connectivity index (χ4n) is 2.25. The maximum atomic E-state index is 12.2. The molecule has 0 aliphatic carbocycles. The smallest absolute Gasteiger partial charge is 0.224 e. The minimum Gasteiger partial charge on any atom is -0.368 e. The molecule has 2 N–H and O–H groups in total. The van der Waals surface area contributed by atoms with E-state index in [1.54, 1.807) is 22.1 Å². The maximum absolute atomic E-state index is 12.2. The Morgan fingerprint density at radius 2 is 2.35 bits per heavy atom. The molecule has 1 aliphatic rings. The zero-order valence-electron chi connectivity index (χ0n) is 10.9. The highest BCUT2D eigenvalue weighted by atomic mass is 16.2. The van der Waals surface area contributed by atoms with Crippen molar-refractivity contribution in [3.05, 3.63) is 30.1 Å². The van der Waals surface area contributed by atoms with E-state index in [9.17, 15) is 4.79 Å². The second kappa shape index (κ2) is 5.24. The van der Waals surface area contributed by atoms with Crippen LogP contribution in [0.1, 0.15) is 17.7 Å². The Morgan fingerprint density at radius 3 is 3.15 bits per heavy atom. The molecule has 0 bridgehead atoms. The Balaban J connectivity index is 1.62. The maximum Gasteiger partial charge on any atom is 0.224 e. The summed E-state index contributed by atoms with van der Waals surface area (Å²) < 4.78 is 1.65. The van der Waals surface area contributed by atoms with Crippen molar-refractivity contribution in [3.8, 4) is 0 Å². The molecule has 3 heterocycles. The van der Waals surface area contributed by atoms with Gasteiger partial charge in [-0.25, -0.2) is 15.0 Å². The molecule has 0 radical (unpaired) electrons. The van der Waals surface area contributed by atoms with Crippen LogP contribution in [-0.4, -0.2) is 42.1 Å². The zero-order valence-corrected chi connectivity index (χ0v) is 10.9. The number of carbonyl (C=O) groups excluding carboxylic acids is 1. The van der Waals surface area contributed by atoms with Crippen LogP contribution in [0.5, 0.6) is 0 Å². The number of nitrogen functional groups attached to an aromatic ring is 1. The number of nitrogens with zero attached hydrogens (tertiary/aromatic N) is 6. The summed E-state index contributed by atoms with van der Waals surface area (Å²) in [6.07, 6.45) is 5.98. The third-order valence-corrected chi connectivity index (χ3v) is 3.34. The summed E-state index contributed by atoms with van der Waals surface area (Å²) in [4.78, 5) is 26.0. The predicted octanol–water partition coefficient (Wildman–Crippen LogP) is -0.375. The predicted molar refractivity (Wildman–Crippen MR) is 70.2 cm³/mol. The lowest BCUT2D eigenvalue weighted by atomic mass is 10.1. The van der Waals surface area contributed by atoms with E-state index in [1.807, 2.05) is 0 Å². The standard InChI is InChI=1S/C12H15N7O/c13-12-15-5-9-1-3-18(6-10(9)17-12)11(20)2-4-19-8-14-7-16-19/h5,7-8H,1-4,6H2,(H2,13,15,17). The number of rotatable bonds is 3. The average molecular weight is 273 g/mol. The summed E-state index contributed by atoms with van der Waals surface area (Å²) in [5.74, 6) is 0.337. The molecule has 2 aromatic heterocycles. The number of hydrogen-bond acceptors (Lipinski definition) is 6. The molecular formula is C12H15N7O. The van der Waals surface area contributed by atoms with Crippen molar-refractivity contribution < 1.29 is 4.79 Å². The molecule has 0 fully saturated rings. The minimum atomic E-state index is 0.0864. The number of hydrogen-bond donors (Lipinski definition) is 1. The van der Waals surface area contributed by atoms with Gasteiger partial charge in [-0.2, -0.15) is 5.10 Å². The van der Waals surface area contributed by atoms with Crippen molar-refractivity contribution in [3.63, 3.8) is 0 Å². The lowest BCUT2D eigenvalue weighted by molar-refractivity contribution is -0.132. The Labute approximate surface area is 115 Å². The van der Waals surface area contributed by atoms with Crippen LogP contribution < -0.4 is 5.73 Å². The van der Waals surface area contributed by atoms with E-state index in [-0.39, 0.29) is 11.9 Å². The normalized spacial score (nSPS) is 14.1. The van der Waals surface area contributed by atoms with E-state index in [2.05, 4.69) is 20.1 Å². The first-order chi connectivity index (χ1) is 9.72. The van der Waals surface area contributed by atoms with Crippen LogP contribution >= 0.6 is 0 Å². The van der Waals surface area contributed by atoms with Gasteiger partial charge in [-0.3, -0.25) is 9.48 Å². The first-order valence-corrected chi connectivity index (χ1v) is 6.43. The van der Waals surface area contributed by atoms with E-state index >= 15 is 0 Å². The quantitative estimate of drug-likeness (QED) is 0.818. The number of anilines is 1. The Morgan fingerprint density at radius 1 is 1.45 bits per heavy atom. The van der Waals surface area contributed by atoms with Gasteiger partial charge in [0.25, 0.3) is 0 Å². The third-order valence-electron chi connectivity index (χ3n) is 3.34. The summed E-state index contributed by atoms with van der Waals surface area (Å²) in [6.45, 7) is 1.73. The van der Waals surface area contributed by atoms with Gasteiger partial charge < -0.3 is 10.6 Å². The molecule has 0 saturated carbocycles. The fraction of sp³-hybridized carbons (Fsp3) is 0.417. The van der Waals surface area contributed by atoms with E-state index < -0.39 is 0 Å².